The third kappa shape index (κ3) is 3.04. The number of aliphatic hydroxyl groups is 1. The van der Waals surface area contributed by atoms with E-state index in [0.717, 1.165) is 37.2 Å². The van der Waals surface area contributed by atoms with Gasteiger partial charge in [0.25, 0.3) is 0 Å². The van der Waals surface area contributed by atoms with Crippen LogP contribution in [0, 0.1) is 16.7 Å². The van der Waals surface area contributed by atoms with Crippen LogP contribution in [0.25, 0.3) is 0 Å². The van der Waals surface area contributed by atoms with Crippen LogP contribution in [0.3, 0.4) is 0 Å². The average molecular weight is 276 g/mol. The molecule has 112 valence electrons. The summed E-state index contributed by atoms with van der Waals surface area (Å²) in [5.74, 6) is 0.729. The molecule has 1 aliphatic carbocycles. The third-order valence-electron chi connectivity index (χ3n) is 5.21. The molecule has 0 bridgehead atoms. The van der Waals surface area contributed by atoms with Crippen molar-refractivity contribution in [3.63, 3.8) is 0 Å². The van der Waals surface area contributed by atoms with E-state index in [4.69, 9.17) is 5.73 Å². The number of aromatic nitrogens is 1. The van der Waals surface area contributed by atoms with E-state index in [0.29, 0.717) is 12.0 Å². The zero-order valence-electron chi connectivity index (χ0n) is 13.0. The number of nitrogens with two attached hydrogens (primary N) is 1. The molecule has 1 aliphatic rings. The Hall–Kier alpha value is -0.930. The fourth-order valence-electron chi connectivity index (χ4n) is 3.55. The van der Waals surface area contributed by atoms with Gasteiger partial charge in [0.15, 0.2) is 0 Å². The first kappa shape index (κ1) is 15.5. The largest absolute Gasteiger partial charge is 0.388 e. The van der Waals surface area contributed by atoms with Crippen molar-refractivity contribution in [3.8, 4) is 0 Å². The molecule has 1 unspecified atom stereocenters. The molecule has 0 aromatic carbocycles. The molecule has 1 fully saturated rings. The fraction of sp³-hybridized carbons (Fsp3) is 0.706. The van der Waals surface area contributed by atoms with Crippen LogP contribution in [0.1, 0.15) is 58.1 Å². The van der Waals surface area contributed by atoms with E-state index in [-0.39, 0.29) is 5.41 Å². The zero-order chi connectivity index (χ0) is 14.8. The van der Waals surface area contributed by atoms with Crippen molar-refractivity contribution in [2.24, 2.45) is 22.5 Å². The SMILES string of the molecule is CC(C)(C)C1CCC(CN)(C(O)c2ccncc2)CC1. The summed E-state index contributed by atoms with van der Waals surface area (Å²) in [4.78, 5) is 4.02. The molecule has 1 saturated carbocycles. The van der Waals surface area contributed by atoms with Crippen molar-refractivity contribution in [3.05, 3.63) is 30.1 Å². The summed E-state index contributed by atoms with van der Waals surface area (Å²) in [5, 5.41) is 10.8. The van der Waals surface area contributed by atoms with Crippen LogP contribution < -0.4 is 5.73 Å². The van der Waals surface area contributed by atoms with Gasteiger partial charge in [0.2, 0.25) is 0 Å². The lowest BCUT2D eigenvalue weighted by Crippen LogP contribution is -2.42. The molecule has 0 aliphatic heterocycles. The molecule has 3 nitrogen and oxygen atoms in total. The lowest BCUT2D eigenvalue weighted by atomic mass is 9.61. The van der Waals surface area contributed by atoms with Crippen LogP contribution in [0.4, 0.5) is 0 Å². The van der Waals surface area contributed by atoms with Crippen molar-refractivity contribution in [1.82, 2.24) is 4.98 Å². The van der Waals surface area contributed by atoms with E-state index in [1.54, 1.807) is 12.4 Å². The number of nitrogens with zero attached hydrogens (tertiary/aromatic N) is 1. The van der Waals surface area contributed by atoms with Crippen molar-refractivity contribution < 1.29 is 5.11 Å². The Morgan fingerprint density at radius 3 is 2.30 bits per heavy atom. The number of pyridine rings is 1. The second-order valence-corrected chi connectivity index (χ2v) is 7.39. The standard InChI is InChI=1S/C17H28N2O/c1-16(2,3)14-4-8-17(12-18,9-5-14)15(20)13-6-10-19-11-7-13/h6-7,10-11,14-15,20H,4-5,8-9,12,18H2,1-3H3. The van der Waals surface area contributed by atoms with Crippen LogP contribution in [-0.4, -0.2) is 16.6 Å². The van der Waals surface area contributed by atoms with Gasteiger partial charge in [-0.15, -0.1) is 0 Å². The number of hydrogen-bond acceptors (Lipinski definition) is 3. The summed E-state index contributed by atoms with van der Waals surface area (Å²) in [5.41, 5.74) is 7.19. The van der Waals surface area contributed by atoms with Gasteiger partial charge in [0.05, 0.1) is 6.10 Å². The zero-order valence-corrected chi connectivity index (χ0v) is 13.0. The minimum absolute atomic E-state index is 0.164. The lowest BCUT2D eigenvalue weighted by Gasteiger charge is -2.46. The van der Waals surface area contributed by atoms with Gasteiger partial charge < -0.3 is 10.8 Å². The van der Waals surface area contributed by atoms with Crippen molar-refractivity contribution in [1.29, 1.82) is 0 Å². The Morgan fingerprint density at radius 1 is 1.30 bits per heavy atom. The maximum absolute atomic E-state index is 10.8. The van der Waals surface area contributed by atoms with Crippen LogP contribution in [0.5, 0.6) is 0 Å². The topological polar surface area (TPSA) is 59.1 Å². The summed E-state index contributed by atoms with van der Waals surface area (Å²) in [6.07, 6.45) is 7.33. The summed E-state index contributed by atoms with van der Waals surface area (Å²) >= 11 is 0. The molecular formula is C17H28N2O. The van der Waals surface area contributed by atoms with Gasteiger partial charge in [-0.25, -0.2) is 0 Å². The molecule has 3 N–H and O–H groups in total. The highest BCUT2D eigenvalue weighted by Gasteiger charge is 2.43. The maximum atomic E-state index is 10.8. The highest BCUT2D eigenvalue weighted by molar-refractivity contribution is 5.17. The van der Waals surface area contributed by atoms with E-state index in [1.807, 2.05) is 12.1 Å². The van der Waals surface area contributed by atoms with E-state index in [1.165, 1.54) is 0 Å². The minimum atomic E-state index is -0.476. The summed E-state index contributed by atoms with van der Waals surface area (Å²) in [6.45, 7) is 7.48. The van der Waals surface area contributed by atoms with Crippen LogP contribution in [0.2, 0.25) is 0 Å². The first-order valence-corrected chi connectivity index (χ1v) is 7.67. The van der Waals surface area contributed by atoms with Crippen LogP contribution in [-0.2, 0) is 0 Å². The Balaban J connectivity index is 2.13. The molecule has 1 aromatic rings. The summed E-state index contributed by atoms with van der Waals surface area (Å²) in [7, 11) is 0. The van der Waals surface area contributed by atoms with Gasteiger partial charge in [-0.2, -0.15) is 0 Å². The quantitative estimate of drug-likeness (QED) is 0.890. The molecule has 2 rings (SSSR count). The average Bonchev–Trinajstić information content (AvgIpc) is 2.46. The molecule has 1 atom stereocenters. The van der Waals surface area contributed by atoms with Crippen molar-refractivity contribution >= 4 is 0 Å². The lowest BCUT2D eigenvalue weighted by molar-refractivity contribution is -0.0234. The predicted molar refractivity (Wildman–Crippen MR) is 82.1 cm³/mol. The highest BCUT2D eigenvalue weighted by atomic mass is 16.3. The summed E-state index contributed by atoms with van der Waals surface area (Å²) in [6, 6.07) is 3.80. The van der Waals surface area contributed by atoms with Crippen LogP contribution >= 0.6 is 0 Å². The molecule has 1 aromatic heterocycles. The first-order chi connectivity index (χ1) is 9.39. The molecule has 0 amide bonds. The molecule has 20 heavy (non-hydrogen) atoms. The molecule has 0 radical (unpaired) electrons. The Bertz CT molecular complexity index is 416. The molecular weight excluding hydrogens is 248 g/mol. The van der Waals surface area contributed by atoms with E-state index in [9.17, 15) is 5.11 Å². The highest BCUT2D eigenvalue weighted by Crippen LogP contribution is 2.50. The third-order valence-corrected chi connectivity index (χ3v) is 5.21. The maximum Gasteiger partial charge on any atom is 0.0859 e. The molecule has 1 heterocycles. The Labute approximate surface area is 122 Å². The molecule has 3 heteroatoms. The molecule has 0 spiro atoms. The second-order valence-electron chi connectivity index (χ2n) is 7.39. The van der Waals surface area contributed by atoms with E-state index < -0.39 is 6.10 Å². The van der Waals surface area contributed by atoms with Crippen molar-refractivity contribution in [2.45, 2.75) is 52.6 Å². The monoisotopic (exact) mass is 276 g/mol. The van der Waals surface area contributed by atoms with Gasteiger partial charge in [-0.1, -0.05) is 20.8 Å². The Kier molecular flexibility index (Phi) is 4.50. The number of hydrogen-bond donors (Lipinski definition) is 2. The normalized spacial score (nSPS) is 29.1. The van der Waals surface area contributed by atoms with Gasteiger partial charge in [0, 0.05) is 24.4 Å². The van der Waals surface area contributed by atoms with E-state index in [2.05, 4.69) is 25.8 Å². The van der Waals surface area contributed by atoms with Gasteiger partial charge >= 0.3 is 0 Å². The van der Waals surface area contributed by atoms with E-state index >= 15 is 0 Å². The number of aliphatic hydroxyl groups excluding tert-OH is 1. The van der Waals surface area contributed by atoms with Crippen LogP contribution in [0.15, 0.2) is 24.5 Å². The Morgan fingerprint density at radius 2 is 1.85 bits per heavy atom. The predicted octanol–water partition coefficient (Wildman–Crippen LogP) is 3.30. The van der Waals surface area contributed by atoms with Gasteiger partial charge in [-0.3, -0.25) is 4.98 Å². The van der Waals surface area contributed by atoms with Gasteiger partial charge in [0.1, 0.15) is 0 Å². The fourth-order valence-corrected chi connectivity index (χ4v) is 3.55. The number of rotatable bonds is 3. The second kappa shape index (κ2) is 5.82. The van der Waals surface area contributed by atoms with Crippen molar-refractivity contribution in [2.75, 3.05) is 6.54 Å². The summed E-state index contributed by atoms with van der Waals surface area (Å²) < 4.78 is 0. The first-order valence-electron chi connectivity index (χ1n) is 7.67. The molecule has 0 saturated heterocycles. The minimum Gasteiger partial charge on any atom is -0.388 e. The smallest absolute Gasteiger partial charge is 0.0859 e. The van der Waals surface area contributed by atoms with Gasteiger partial charge in [-0.05, 0) is 54.7 Å².